The van der Waals surface area contributed by atoms with E-state index in [1.165, 1.54) is 51.4 Å². The molecule has 1 aliphatic heterocycles. The molecule has 0 radical (unpaired) electrons. The number of rotatable bonds is 15. The van der Waals surface area contributed by atoms with E-state index in [1.807, 2.05) is 7.11 Å². The first-order valence-corrected chi connectivity index (χ1v) is 8.94. The standard InChI is InChI=1S/C18H36O3/c1-4-5-6-7-8-9-10-12-18(2,19-3)13-11-14-20-15-17-16-21-17/h17H,4-16H2,1-3H3. The van der Waals surface area contributed by atoms with Gasteiger partial charge in [-0.3, -0.25) is 0 Å². The third-order valence-electron chi connectivity index (χ3n) is 4.50. The fourth-order valence-electron chi connectivity index (χ4n) is 2.71. The maximum Gasteiger partial charge on any atom is 0.104 e. The minimum atomic E-state index is 0.0306. The van der Waals surface area contributed by atoms with Crippen LogP contribution in [0.1, 0.15) is 78.1 Å². The van der Waals surface area contributed by atoms with E-state index in [0.717, 1.165) is 32.7 Å². The van der Waals surface area contributed by atoms with E-state index in [9.17, 15) is 0 Å². The summed E-state index contributed by atoms with van der Waals surface area (Å²) in [7, 11) is 1.85. The zero-order valence-corrected chi connectivity index (χ0v) is 14.5. The summed E-state index contributed by atoms with van der Waals surface area (Å²) in [6, 6.07) is 0. The van der Waals surface area contributed by atoms with Crippen molar-refractivity contribution < 1.29 is 14.2 Å². The van der Waals surface area contributed by atoms with Gasteiger partial charge in [0.1, 0.15) is 6.10 Å². The topological polar surface area (TPSA) is 31.0 Å². The van der Waals surface area contributed by atoms with Crippen LogP contribution in [0.3, 0.4) is 0 Å². The van der Waals surface area contributed by atoms with Crippen LogP contribution in [-0.4, -0.2) is 38.6 Å². The molecule has 0 spiro atoms. The van der Waals surface area contributed by atoms with Gasteiger partial charge in [-0.1, -0.05) is 51.9 Å². The Morgan fingerprint density at radius 2 is 1.62 bits per heavy atom. The molecule has 1 rings (SSSR count). The van der Waals surface area contributed by atoms with Crippen LogP contribution in [0.4, 0.5) is 0 Å². The second-order valence-electron chi connectivity index (χ2n) is 6.66. The molecule has 0 aliphatic carbocycles. The van der Waals surface area contributed by atoms with Crippen LogP contribution in [-0.2, 0) is 14.2 Å². The van der Waals surface area contributed by atoms with Crippen LogP contribution in [0.2, 0.25) is 0 Å². The Hall–Kier alpha value is -0.120. The molecule has 0 N–H and O–H groups in total. The van der Waals surface area contributed by atoms with Gasteiger partial charge in [0.15, 0.2) is 0 Å². The Kier molecular flexibility index (Phi) is 10.3. The van der Waals surface area contributed by atoms with Gasteiger partial charge in [0.05, 0.1) is 18.8 Å². The van der Waals surface area contributed by atoms with Crippen molar-refractivity contribution in [1.29, 1.82) is 0 Å². The molecule has 1 fully saturated rings. The maximum absolute atomic E-state index is 5.74. The van der Waals surface area contributed by atoms with Gasteiger partial charge in [0.25, 0.3) is 0 Å². The van der Waals surface area contributed by atoms with Gasteiger partial charge in [-0.25, -0.2) is 0 Å². The minimum absolute atomic E-state index is 0.0306. The Morgan fingerprint density at radius 3 is 2.24 bits per heavy atom. The molecular weight excluding hydrogens is 264 g/mol. The van der Waals surface area contributed by atoms with E-state index in [0.29, 0.717) is 6.10 Å². The van der Waals surface area contributed by atoms with Gasteiger partial charge in [-0.05, 0) is 26.2 Å². The van der Waals surface area contributed by atoms with Gasteiger partial charge < -0.3 is 14.2 Å². The molecule has 3 heteroatoms. The molecule has 0 aromatic carbocycles. The minimum Gasteiger partial charge on any atom is -0.379 e. The first-order valence-electron chi connectivity index (χ1n) is 8.94. The lowest BCUT2D eigenvalue weighted by Crippen LogP contribution is -2.27. The van der Waals surface area contributed by atoms with Crippen LogP contribution in [0.5, 0.6) is 0 Å². The average molecular weight is 300 g/mol. The summed E-state index contributed by atoms with van der Waals surface area (Å²) in [4.78, 5) is 0. The predicted octanol–water partition coefficient (Wildman–Crippen LogP) is 4.73. The summed E-state index contributed by atoms with van der Waals surface area (Å²) in [5, 5.41) is 0. The smallest absolute Gasteiger partial charge is 0.104 e. The lowest BCUT2D eigenvalue weighted by Gasteiger charge is -2.28. The highest BCUT2D eigenvalue weighted by Crippen LogP contribution is 2.24. The second-order valence-corrected chi connectivity index (χ2v) is 6.66. The van der Waals surface area contributed by atoms with Crippen molar-refractivity contribution in [2.45, 2.75) is 89.8 Å². The lowest BCUT2D eigenvalue weighted by atomic mass is 9.92. The number of ether oxygens (including phenoxy) is 3. The van der Waals surface area contributed by atoms with Crippen LogP contribution < -0.4 is 0 Å². The van der Waals surface area contributed by atoms with Gasteiger partial charge in [-0.15, -0.1) is 0 Å². The maximum atomic E-state index is 5.74. The SMILES string of the molecule is CCCCCCCCCC(C)(CCCOCC1CO1)OC. The lowest BCUT2D eigenvalue weighted by molar-refractivity contribution is -0.0179. The molecule has 126 valence electrons. The van der Waals surface area contributed by atoms with E-state index >= 15 is 0 Å². The zero-order valence-electron chi connectivity index (χ0n) is 14.5. The van der Waals surface area contributed by atoms with Crippen LogP contribution >= 0.6 is 0 Å². The molecule has 0 amide bonds. The summed E-state index contributed by atoms with van der Waals surface area (Å²) >= 11 is 0. The molecule has 1 heterocycles. The molecule has 0 bridgehead atoms. The normalized spacial score (nSPS) is 20.4. The number of unbranched alkanes of at least 4 members (excludes halogenated alkanes) is 6. The summed E-state index contributed by atoms with van der Waals surface area (Å²) < 4.78 is 16.5. The van der Waals surface area contributed by atoms with Crippen LogP contribution in [0, 0.1) is 0 Å². The van der Waals surface area contributed by atoms with Crippen LogP contribution in [0.25, 0.3) is 0 Å². The molecule has 21 heavy (non-hydrogen) atoms. The molecule has 0 aromatic heterocycles. The van der Waals surface area contributed by atoms with Crippen molar-refractivity contribution in [1.82, 2.24) is 0 Å². The summed E-state index contributed by atoms with van der Waals surface area (Å²) in [6.45, 7) is 6.99. The van der Waals surface area contributed by atoms with Gasteiger partial charge in [0, 0.05) is 13.7 Å². The van der Waals surface area contributed by atoms with Gasteiger partial charge in [-0.2, -0.15) is 0 Å². The van der Waals surface area contributed by atoms with Gasteiger partial charge in [0.2, 0.25) is 0 Å². The number of methoxy groups -OCH3 is 1. The average Bonchev–Trinajstić information content (AvgIpc) is 3.30. The molecular formula is C18H36O3. The molecule has 0 aromatic rings. The molecule has 3 nitrogen and oxygen atoms in total. The van der Waals surface area contributed by atoms with Crippen molar-refractivity contribution in [3.05, 3.63) is 0 Å². The van der Waals surface area contributed by atoms with Crippen molar-refractivity contribution in [2.24, 2.45) is 0 Å². The largest absolute Gasteiger partial charge is 0.379 e. The quantitative estimate of drug-likeness (QED) is 0.324. The van der Waals surface area contributed by atoms with Crippen molar-refractivity contribution in [3.8, 4) is 0 Å². The highest BCUT2D eigenvalue weighted by atomic mass is 16.6. The third kappa shape index (κ3) is 10.3. The summed E-state index contributed by atoms with van der Waals surface area (Å²) in [6.07, 6.45) is 13.2. The van der Waals surface area contributed by atoms with Crippen LogP contribution in [0.15, 0.2) is 0 Å². The van der Waals surface area contributed by atoms with Gasteiger partial charge >= 0.3 is 0 Å². The van der Waals surface area contributed by atoms with E-state index in [1.54, 1.807) is 0 Å². The van der Waals surface area contributed by atoms with E-state index in [2.05, 4.69) is 13.8 Å². The number of epoxide rings is 1. The number of hydrogen-bond acceptors (Lipinski definition) is 3. The van der Waals surface area contributed by atoms with Crippen molar-refractivity contribution in [2.75, 3.05) is 26.9 Å². The van der Waals surface area contributed by atoms with Crippen molar-refractivity contribution in [3.63, 3.8) is 0 Å². The third-order valence-corrected chi connectivity index (χ3v) is 4.50. The Balaban J connectivity index is 1.95. The molecule has 2 unspecified atom stereocenters. The summed E-state index contributed by atoms with van der Waals surface area (Å²) in [5.41, 5.74) is 0.0306. The molecule has 0 saturated carbocycles. The monoisotopic (exact) mass is 300 g/mol. The highest BCUT2D eigenvalue weighted by molar-refractivity contribution is 4.75. The Bertz CT molecular complexity index is 241. The zero-order chi connectivity index (χ0) is 15.4. The van der Waals surface area contributed by atoms with Crippen molar-refractivity contribution >= 4 is 0 Å². The predicted molar refractivity (Wildman–Crippen MR) is 87.8 cm³/mol. The number of hydrogen-bond donors (Lipinski definition) is 0. The highest BCUT2D eigenvalue weighted by Gasteiger charge is 2.24. The first-order chi connectivity index (χ1) is 10.2. The fraction of sp³-hybridized carbons (Fsp3) is 1.00. The molecule has 2 atom stereocenters. The molecule has 1 saturated heterocycles. The second kappa shape index (κ2) is 11.4. The molecule has 1 aliphatic rings. The Morgan fingerprint density at radius 1 is 1.00 bits per heavy atom. The summed E-state index contributed by atoms with van der Waals surface area (Å²) in [5.74, 6) is 0. The Labute approximate surface area is 131 Å². The van der Waals surface area contributed by atoms with E-state index in [4.69, 9.17) is 14.2 Å². The van der Waals surface area contributed by atoms with E-state index in [-0.39, 0.29) is 5.60 Å². The van der Waals surface area contributed by atoms with E-state index < -0.39 is 0 Å². The first kappa shape index (κ1) is 18.9. The fourth-order valence-corrected chi connectivity index (χ4v) is 2.71.